The minimum absolute atomic E-state index is 0.235. The van der Waals surface area contributed by atoms with Crippen molar-refractivity contribution in [1.29, 1.82) is 0 Å². The number of aromatic nitrogens is 1. The van der Waals surface area contributed by atoms with Crippen molar-refractivity contribution in [1.82, 2.24) is 9.88 Å². The molecule has 1 amide bonds. The zero-order chi connectivity index (χ0) is 19.8. The lowest BCUT2D eigenvalue weighted by molar-refractivity contribution is -0.155. The molecule has 2 aromatic rings. The number of carbonyl (C=O) groups excluding carboxylic acids is 2. The summed E-state index contributed by atoms with van der Waals surface area (Å²) in [6, 6.07) is 9.83. The molecule has 8 nitrogen and oxygen atoms in total. The molecular weight excluding hydrogens is 352 g/mol. The van der Waals surface area contributed by atoms with E-state index in [2.05, 4.69) is 5.32 Å². The van der Waals surface area contributed by atoms with E-state index in [0.717, 1.165) is 5.56 Å². The van der Waals surface area contributed by atoms with Gasteiger partial charge in [0.15, 0.2) is 17.6 Å². The van der Waals surface area contributed by atoms with Crippen LogP contribution in [0, 0.1) is 0 Å². The van der Waals surface area contributed by atoms with Gasteiger partial charge >= 0.3 is 5.97 Å². The number of ether oxygens (including phenoxy) is 3. The third-order valence-corrected chi connectivity index (χ3v) is 3.79. The lowest BCUT2D eigenvalue weighted by atomic mass is 10.2. The minimum Gasteiger partial charge on any atom is -0.493 e. The van der Waals surface area contributed by atoms with Gasteiger partial charge in [-0.25, -0.2) is 0 Å². The van der Waals surface area contributed by atoms with Crippen molar-refractivity contribution in [2.24, 2.45) is 0 Å². The molecule has 0 spiro atoms. The van der Waals surface area contributed by atoms with Crippen molar-refractivity contribution in [3.63, 3.8) is 0 Å². The van der Waals surface area contributed by atoms with E-state index < -0.39 is 18.0 Å². The third kappa shape index (κ3) is 5.60. The molecule has 0 saturated carbocycles. The van der Waals surface area contributed by atoms with Crippen molar-refractivity contribution in [3.05, 3.63) is 58.5 Å². The van der Waals surface area contributed by atoms with Crippen LogP contribution in [0.4, 0.5) is 0 Å². The summed E-state index contributed by atoms with van der Waals surface area (Å²) in [5.41, 5.74) is 0.482. The number of esters is 1. The van der Waals surface area contributed by atoms with Crippen LogP contribution in [0.15, 0.2) is 47.4 Å². The molecule has 1 heterocycles. The first-order chi connectivity index (χ1) is 12.9. The molecule has 8 heteroatoms. The highest BCUT2D eigenvalue weighted by Gasteiger charge is 2.18. The van der Waals surface area contributed by atoms with E-state index >= 15 is 0 Å². The first kappa shape index (κ1) is 20.0. The average Bonchev–Trinajstić information content (AvgIpc) is 2.67. The Morgan fingerprint density at radius 2 is 1.85 bits per heavy atom. The predicted octanol–water partition coefficient (Wildman–Crippen LogP) is 1.11. The molecule has 0 aliphatic heterocycles. The molecule has 2 rings (SSSR count). The SMILES string of the molecule is COc1ccc(CNC(=O)[C@H](C)OC(=O)Cn2ccccc2=O)cc1OC. The maximum atomic E-state index is 12.1. The molecule has 0 bridgehead atoms. The second-order valence-electron chi connectivity index (χ2n) is 5.71. The molecule has 0 radical (unpaired) electrons. The normalized spacial score (nSPS) is 11.4. The summed E-state index contributed by atoms with van der Waals surface area (Å²) in [6.07, 6.45) is 0.489. The van der Waals surface area contributed by atoms with Gasteiger partial charge in [0.05, 0.1) is 14.2 Å². The summed E-state index contributed by atoms with van der Waals surface area (Å²) in [5, 5.41) is 2.69. The van der Waals surface area contributed by atoms with Gasteiger partial charge in [-0.1, -0.05) is 12.1 Å². The lowest BCUT2D eigenvalue weighted by Gasteiger charge is -2.15. The first-order valence-electron chi connectivity index (χ1n) is 8.28. The summed E-state index contributed by atoms with van der Waals surface area (Å²) >= 11 is 0. The van der Waals surface area contributed by atoms with E-state index in [4.69, 9.17) is 14.2 Å². The van der Waals surface area contributed by atoms with Crippen molar-refractivity contribution in [3.8, 4) is 11.5 Å². The number of benzene rings is 1. The zero-order valence-electron chi connectivity index (χ0n) is 15.4. The molecule has 0 aliphatic carbocycles. The molecule has 1 aromatic carbocycles. The second-order valence-corrected chi connectivity index (χ2v) is 5.71. The largest absolute Gasteiger partial charge is 0.493 e. The Labute approximate surface area is 156 Å². The highest BCUT2D eigenvalue weighted by atomic mass is 16.5. The number of pyridine rings is 1. The average molecular weight is 374 g/mol. The van der Waals surface area contributed by atoms with Crippen LogP contribution in [0.3, 0.4) is 0 Å². The molecule has 0 aliphatic rings. The van der Waals surface area contributed by atoms with Crippen LogP contribution in [-0.4, -0.2) is 36.8 Å². The molecule has 0 saturated heterocycles. The van der Waals surface area contributed by atoms with Crippen LogP contribution < -0.4 is 20.3 Å². The van der Waals surface area contributed by atoms with Crippen LogP contribution in [0.1, 0.15) is 12.5 Å². The van der Waals surface area contributed by atoms with Gasteiger partial charge < -0.3 is 24.1 Å². The number of amides is 1. The van der Waals surface area contributed by atoms with Crippen LogP contribution in [0.25, 0.3) is 0 Å². The fraction of sp³-hybridized carbons (Fsp3) is 0.316. The molecular formula is C19H22N2O6. The standard InChI is InChI=1S/C19H22N2O6/c1-13(27-18(23)12-21-9-5-4-6-17(21)22)19(24)20-11-14-7-8-15(25-2)16(10-14)26-3/h4-10,13H,11-12H2,1-3H3,(H,20,24)/t13-/m0/s1. The van der Waals surface area contributed by atoms with E-state index in [-0.39, 0.29) is 18.6 Å². The van der Waals surface area contributed by atoms with Crippen LogP contribution >= 0.6 is 0 Å². The highest BCUT2D eigenvalue weighted by molar-refractivity contribution is 5.83. The van der Waals surface area contributed by atoms with Gasteiger partial charge in [0.2, 0.25) is 0 Å². The Morgan fingerprint density at radius 3 is 2.52 bits per heavy atom. The highest BCUT2D eigenvalue weighted by Crippen LogP contribution is 2.27. The van der Waals surface area contributed by atoms with E-state index in [1.165, 1.54) is 30.9 Å². The van der Waals surface area contributed by atoms with Crippen molar-refractivity contribution in [2.45, 2.75) is 26.1 Å². The summed E-state index contributed by atoms with van der Waals surface area (Å²) < 4.78 is 16.7. The molecule has 0 unspecified atom stereocenters. The number of carbonyl (C=O) groups is 2. The van der Waals surface area contributed by atoms with Crippen molar-refractivity contribution in [2.75, 3.05) is 14.2 Å². The predicted molar refractivity (Wildman–Crippen MR) is 97.6 cm³/mol. The Hall–Kier alpha value is -3.29. The topological polar surface area (TPSA) is 95.9 Å². The number of methoxy groups -OCH3 is 2. The fourth-order valence-corrected chi connectivity index (χ4v) is 2.34. The molecule has 0 fully saturated rings. The van der Waals surface area contributed by atoms with Gasteiger partial charge in [0.25, 0.3) is 11.5 Å². The van der Waals surface area contributed by atoms with Gasteiger partial charge in [0.1, 0.15) is 6.54 Å². The summed E-state index contributed by atoms with van der Waals surface area (Å²) in [6.45, 7) is 1.45. The number of nitrogens with zero attached hydrogens (tertiary/aromatic N) is 1. The van der Waals surface area contributed by atoms with E-state index in [9.17, 15) is 14.4 Å². The number of hydrogen-bond donors (Lipinski definition) is 1. The van der Waals surface area contributed by atoms with E-state index in [1.54, 1.807) is 37.4 Å². The molecule has 1 aromatic heterocycles. The number of rotatable bonds is 8. The van der Waals surface area contributed by atoms with Crippen molar-refractivity contribution < 1.29 is 23.8 Å². The number of hydrogen-bond acceptors (Lipinski definition) is 6. The van der Waals surface area contributed by atoms with Gasteiger partial charge in [-0.3, -0.25) is 14.4 Å². The maximum absolute atomic E-state index is 12.1. The first-order valence-corrected chi connectivity index (χ1v) is 8.28. The molecule has 144 valence electrons. The quantitative estimate of drug-likeness (QED) is 0.696. The zero-order valence-corrected chi connectivity index (χ0v) is 15.4. The Balaban J connectivity index is 1.87. The van der Waals surface area contributed by atoms with Gasteiger partial charge in [-0.05, 0) is 30.7 Å². The Bertz CT molecular complexity index is 861. The van der Waals surface area contributed by atoms with Crippen LogP contribution in [0.5, 0.6) is 11.5 Å². The molecule has 1 N–H and O–H groups in total. The maximum Gasteiger partial charge on any atom is 0.326 e. The number of nitrogens with one attached hydrogen (secondary N) is 1. The Kier molecular flexibility index (Phi) is 6.99. The summed E-state index contributed by atoms with van der Waals surface area (Å²) in [5.74, 6) is 0.0265. The van der Waals surface area contributed by atoms with E-state index in [1.807, 2.05) is 0 Å². The van der Waals surface area contributed by atoms with Gasteiger partial charge in [-0.15, -0.1) is 0 Å². The molecule has 27 heavy (non-hydrogen) atoms. The monoisotopic (exact) mass is 374 g/mol. The van der Waals surface area contributed by atoms with Gasteiger partial charge in [-0.2, -0.15) is 0 Å². The van der Waals surface area contributed by atoms with Gasteiger partial charge in [0, 0.05) is 18.8 Å². The smallest absolute Gasteiger partial charge is 0.326 e. The molecule has 1 atom stereocenters. The van der Waals surface area contributed by atoms with E-state index in [0.29, 0.717) is 11.5 Å². The second kappa shape index (κ2) is 9.42. The van der Waals surface area contributed by atoms with Crippen LogP contribution in [0.2, 0.25) is 0 Å². The third-order valence-electron chi connectivity index (χ3n) is 3.79. The summed E-state index contributed by atoms with van der Waals surface area (Å²) in [7, 11) is 3.07. The van der Waals surface area contributed by atoms with Crippen LogP contribution in [-0.2, 0) is 27.4 Å². The van der Waals surface area contributed by atoms with Crippen molar-refractivity contribution >= 4 is 11.9 Å². The minimum atomic E-state index is -0.989. The lowest BCUT2D eigenvalue weighted by Crippen LogP contribution is -2.36. The summed E-state index contributed by atoms with van der Waals surface area (Å²) in [4.78, 5) is 35.6. The fourth-order valence-electron chi connectivity index (χ4n) is 2.34. The Morgan fingerprint density at radius 1 is 1.11 bits per heavy atom.